The maximum absolute atomic E-state index is 12.6. The quantitative estimate of drug-likeness (QED) is 0.906. The molecule has 0 spiro atoms. The molecule has 5 heteroatoms. The summed E-state index contributed by atoms with van der Waals surface area (Å²) in [5, 5.41) is 10.8. The van der Waals surface area contributed by atoms with Crippen molar-refractivity contribution in [1.82, 2.24) is 10.2 Å². The van der Waals surface area contributed by atoms with Gasteiger partial charge in [-0.25, -0.2) is 0 Å². The zero-order valence-corrected chi connectivity index (χ0v) is 11.5. The first-order valence-electron chi connectivity index (χ1n) is 6.63. The molecule has 0 saturated heterocycles. The van der Waals surface area contributed by atoms with Crippen LogP contribution in [0.1, 0.15) is 23.0 Å². The summed E-state index contributed by atoms with van der Waals surface area (Å²) >= 11 is 0. The third-order valence-electron chi connectivity index (χ3n) is 3.57. The molecule has 1 aromatic carbocycles. The van der Waals surface area contributed by atoms with Crippen LogP contribution in [0.5, 0.6) is 0 Å². The predicted molar refractivity (Wildman–Crippen MR) is 78.0 cm³/mol. The largest absolute Gasteiger partial charge is 0.372 e. The summed E-state index contributed by atoms with van der Waals surface area (Å²) in [6, 6.07) is 11.6. The van der Waals surface area contributed by atoms with Crippen molar-refractivity contribution in [1.29, 1.82) is 0 Å². The van der Waals surface area contributed by atoms with Crippen molar-refractivity contribution < 1.29 is 4.79 Å². The van der Waals surface area contributed by atoms with Gasteiger partial charge >= 0.3 is 0 Å². The molecule has 102 valence electrons. The van der Waals surface area contributed by atoms with Crippen LogP contribution in [-0.4, -0.2) is 29.2 Å². The fourth-order valence-electron chi connectivity index (χ4n) is 2.58. The molecule has 1 aliphatic rings. The average Bonchev–Trinajstić information content (AvgIpc) is 2.82. The van der Waals surface area contributed by atoms with Gasteiger partial charge in [0.05, 0.1) is 0 Å². The first kappa shape index (κ1) is 12.6. The van der Waals surface area contributed by atoms with Gasteiger partial charge in [-0.1, -0.05) is 18.2 Å². The van der Waals surface area contributed by atoms with E-state index < -0.39 is 0 Å². The number of carbonyl (C=O) groups excluding carboxylic acids is 1. The number of fused-ring (bicyclic) bond motifs is 1. The summed E-state index contributed by atoms with van der Waals surface area (Å²) in [7, 11) is 1.77. The molecular weight excluding hydrogens is 252 g/mol. The molecule has 3 rings (SSSR count). The van der Waals surface area contributed by atoms with E-state index in [1.165, 1.54) is 5.56 Å². The van der Waals surface area contributed by atoms with Crippen LogP contribution in [0.2, 0.25) is 0 Å². The highest BCUT2D eigenvalue weighted by atomic mass is 16.2. The standard InChI is InChI=1S/C15H16N4O/c1-10-9-11-5-3-4-6-13(11)19(10)15(20)12-7-8-14(16-2)18-17-12/h3-8,10H,9H2,1-2H3,(H,16,18). The fourth-order valence-corrected chi connectivity index (χ4v) is 2.58. The minimum Gasteiger partial charge on any atom is -0.372 e. The number of anilines is 2. The van der Waals surface area contributed by atoms with Gasteiger partial charge in [-0.3, -0.25) is 4.79 Å². The Morgan fingerprint density at radius 1 is 1.25 bits per heavy atom. The second kappa shape index (κ2) is 4.92. The molecule has 2 aromatic rings. The van der Waals surface area contributed by atoms with Crippen LogP contribution in [0.3, 0.4) is 0 Å². The normalized spacial score (nSPS) is 16.9. The van der Waals surface area contributed by atoms with Gasteiger partial charge in [-0.15, -0.1) is 10.2 Å². The summed E-state index contributed by atoms with van der Waals surface area (Å²) in [4.78, 5) is 14.4. The molecule has 1 amide bonds. The topological polar surface area (TPSA) is 58.1 Å². The molecule has 5 nitrogen and oxygen atoms in total. The van der Waals surface area contributed by atoms with E-state index in [4.69, 9.17) is 0 Å². The smallest absolute Gasteiger partial charge is 0.279 e. The number of amides is 1. The van der Waals surface area contributed by atoms with Crippen LogP contribution in [-0.2, 0) is 6.42 Å². The molecule has 1 unspecified atom stereocenters. The van der Waals surface area contributed by atoms with Crippen molar-refractivity contribution in [3.05, 3.63) is 47.7 Å². The minimum atomic E-state index is -0.0994. The van der Waals surface area contributed by atoms with Crippen molar-refractivity contribution in [2.45, 2.75) is 19.4 Å². The second-order valence-corrected chi connectivity index (χ2v) is 4.91. The fraction of sp³-hybridized carbons (Fsp3) is 0.267. The van der Waals surface area contributed by atoms with E-state index >= 15 is 0 Å². The molecule has 0 bridgehead atoms. The summed E-state index contributed by atoms with van der Waals surface area (Å²) < 4.78 is 0. The Hall–Kier alpha value is -2.43. The van der Waals surface area contributed by atoms with Gasteiger partial charge in [-0.05, 0) is 37.1 Å². The maximum atomic E-state index is 12.6. The predicted octanol–water partition coefficient (Wildman–Crippen LogP) is 2.11. The molecule has 0 radical (unpaired) electrons. The molecule has 1 atom stereocenters. The summed E-state index contributed by atoms with van der Waals surface area (Å²) in [6.45, 7) is 2.05. The van der Waals surface area contributed by atoms with Crippen molar-refractivity contribution in [3.8, 4) is 0 Å². The molecule has 20 heavy (non-hydrogen) atoms. The Labute approximate surface area is 117 Å². The molecule has 1 N–H and O–H groups in total. The SMILES string of the molecule is CNc1ccc(C(=O)N2c3ccccc3CC2C)nn1. The van der Waals surface area contributed by atoms with Crippen LogP contribution in [0, 0.1) is 0 Å². The number of hydrogen-bond acceptors (Lipinski definition) is 4. The zero-order chi connectivity index (χ0) is 14.1. The highest BCUT2D eigenvalue weighted by Gasteiger charge is 2.31. The Kier molecular flexibility index (Phi) is 3.10. The maximum Gasteiger partial charge on any atom is 0.279 e. The average molecular weight is 268 g/mol. The third-order valence-corrected chi connectivity index (χ3v) is 3.57. The first-order valence-corrected chi connectivity index (χ1v) is 6.63. The summed E-state index contributed by atoms with van der Waals surface area (Å²) in [5.41, 5.74) is 2.55. The Morgan fingerprint density at radius 3 is 2.75 bits per heavy atom. The lowest BCUT2D eigenvalue weighted by atomic mass is 10.1. The summed E-state index contributed by atoms with van der Waals surface area (Å²) in [5.74, 6) is 0.550. The van der Waals surface area contributed by atoms with Gasteiger partial charge in [0, 0.05) is 18.8 Å². The number of rotatable bonds is 2. The van der Waals surface area contributed by atoms with Crippen molar-refractivity contribution in [2.75, 3.05) is 17.3 Å². The first-order chi connectivity index (χ1) is 9.70. The molecule has 2 heterocycles. The number of nitrogens with zero attached hydrogens (tertiary/aromatic N) is 3. The minimum absolute atomic E-state index is 0.0994. The number of benzene rings is 1. The lowest BCUT2D eigenvalue weighted by molar-refractivity contribution is 0.0975. The third kappa shape index (κ3) is 2.01. The van der Waals surface area contributed by atoms with Gasteiger partial charge in [0.2, 0.25) is 0 Å². The monoisotopic (exact) mass is 268 g/mol. The highest BCUT2D eigenvalue weighted by molar-refractivity contribution is 6.06. The van der Waals surface area contributed by atoms with Crippen LogP contribution in [0.15, 0.2) is 36.4 Å². The molecular formula is C15H16N4O. The number of carbonyl (C=O) groups is 1. The Balaban J connectivity index is 1.94. The Bertz CT molecular complexity index is 639. The van der Waals surface area contributed by atoms with E-state index in [2.05, 4.69) is 21.6 Å². The number of hydrogen-bond donors (Lipinski definition) is 1. The molecule has 0 saturated carbocycles. The van der Waals surface area contributed by atoms with Crippen LogP contribution >= 0.6 is 0 Å². The van der Waals surface area contributed by atoms with Crippen LogP contribution < -0.4 is 10.2 Å². The molecule has 1 aromatic heterocycles. The molecule has 0 aliphatic carbocycles. The molecule has 0 fully saturated rings. The van der Waals surface area contributed by atoms with Crippen LogP contribution in [0.4, 0.5) is 11.5 Å². The molecule has 1 aliphatic heterocycles. The van der Waals surface area contributed by atoms with Crippen molar-refractivity contribution in [3.63, 3.8) is 0 Å². The number of aromatic nitrogens is 2. The van der Waals surface area contributed by atoms with Crippen molar-refractivity contribution in [2.24, 2.45) is 0 Å². The van der Waals surface area contributed by atoms with Gasteiger partial charge in [0.15, 0.2) is 5.69 Å². The van der Waals surface area contributed by atoms with E-state index in [1.54, 1.807) is 24.1 Å². The van der Waals surface area contributed by atoms with E-state index in [1.807, 2.05) is 25.1 Å². The number of para-hydroxylation sites is 1. The van der Waals surface area contributed by atoms with E-state index in [9.17, 15) is 4.79 Å². The highest BCUT2D eigenvalue weighted by Crippen LogP contribution is 2.32. The van der Waals surface area contributed by atoms with Crippen LogP contribution in [0.25, 0.3) is 0 Å². The van der Waals surface area contributed by atoms with E-state index in [-0.39, 0.29) is 11.9 Å². The van der Waals surface area contributed by atoms with Crippen molar-refractivity contribution >= 4 is 17.4 Å². The zero-order valence-electron chi connectivity index (χ0n) is 11.5. The van der Waals surface area contributed by atoms with Gasteiger partial charge in [0.1, 0.15) is 5.82 Å². The van der Waals surface area contributed by atoms with Gasteiger partial charge in [-0.2, -0.15) is 0 Å². The summed E-state index contributed by atoms with van der Waals surface area (Å²) in [6.07, 6.45) is 0.879. The Morgan fingerprint density at radius 2 is 2.05 bits per heavy atom. The lowest BCUT2D eigenvalue weighted by Gasteiger charge is -2.22. The second-order valence-electron chi connectivity index (χ2n) is 4.91. The van der Waals surface area contributed by atoms with Gasteiger partial charge < -0.3 is 10.2 Å². The number of nitrogens with one attached hydrogen (secondary N) is 1. The van der Waals surface area contributed by atoms with E-state index in [0.717, 1.165) is 12.1 Å². The lowest BCUT2D eigenvalue weighted by Crippen LogP contribution is -2.36. The van der Waals surface area contributed by atoms with E-state index in [0.29, 0.717) is 11.5 Å². The van der Waals surface area contributed by atoms with Gasteiger partial charge in [0.25, 0.3) is 5.91 Å².